The number of benzene rings is 2. The van der Waals surface area contributed by atoms with Gasteiger partial charge in [-0.15, -0.1) is 0 Å². The summed E-state index contributed by atoms with van der Waals surface area (Å²) in [6, 6.07) is 19.2. The molecule has 23 heavy (non-hydrogen) atoms. The highest BCUT2D eigenvalue weighted by Gasteiger charge is 2.23. The number of hydrogen-bond donors (Lipinski definition) is 1. The Morgan fingerprint density at radius 2 is 1.52 bits per heavy atom. The molecule has 0 aliphatic carbocycles. The van der Waals surface area contributed by atoms with E-state index in [0.29, 0.717) is 6.54 Å². The first-order valence-electron chi connectivity index (χ1n) is 7.66. The van der Waals surface area contributed by atoms with Crippen molar-refractivity contribution in [2.45, 2.75) is 32.6 Å². The van der Waals surface area contributed by atoms with Crippen molar-refractivity contribution in [3.8, 4) is 0 Å². The number of carbonyl (C=O) groups is 1. The number of nitrogens with zero attached hydrogens (tertiary/aromatic N) is 1. The van der Waals surface area contributed by atoms with Gasteiger partial charge in [-0.25, -0.2) is 4.79 Å². The minimum absolute atomic E-state index is 0.204. The molecule has 0 atom stereocenters. The van der Waals surface area contributed by atoms with Gasteiger partial charge in [-0.1, -0.05) is 60.7 Å². The van der Waals surface area contributed by atoms with Gasteiger partial charge in [0.2, 0.25) is 0 Å². The van der Waals surface area contributed by atoms with Crippen LogP contribution in [-0.2, 0) is 17.9 Å². The van der Waals surface area contributed by atoms with E-state index in [0.717, 1.165) is 11.1 Å². The summed E-state index contributed by atoms with van der Waals surface area (Å²) in [5, 5.41) is 10.1. The highest BCUT2D eigenvalue weighted by molar-refractivity contribution is 5.67. The summed E-state index contributed by atoms with van der Waals surface area (Å²) in [7, 11) is 0. The topological polar surface area (TPSA) is 49.8 Å². The van der Waals surface area contributed by atoms with Crippen molar-refractivity contribution in [3.63, 3.8) is 0 Å². The predicted molar refractivity (Wildman–Crippen MR) is 89.8 cm³/mol. The molecule has 4 heteroatoms. The first kappa shape index (κ1) is 17.0. The Morgan fingerprint density at radius 1 is 1.00 bits per heavy atom. The Balaban J connectivity index is 2.02. The van der Waals surface area contributed by atoms with Crippen LogP contribution in [0.5, 0.6) is 0 Å². The van der Waals surface area contributed by atoms with Crippen LogP contribution in [0, 0.1) is 0 Å². The zero-order valence-corrected chi connectivity index (χ0v) is 13.6. The third kappa shape index (κ3) is 6.12. The van der Waals surface area contributed by atoms with E-state index in [9.17, 15) is 9.90 Å². The molecule has 4 nitrogen and oxygen atoms in total. The van der Waals surface area contributed by atoms with E-state index in [1.54, 1.807) is 13.8 Å². The summed E-state index contributed by atoms with van der Waals surface area (Å²) in [5.41, 5.74) is 0.942. The van der Waals surface area contributed by atoms with Crippen LogP contribution in [-0.4, -0.2) is 28.2 Å². The van der Waals surface area contributed by atoms with Gasteiger partial charge in [0.05, 0.1) is 12.1 Å². The summed E-state index contributed by atoms with van der Waals surface area (Å²) in [6.45, 7) is 4.18. The van der Waals surface area contributed by atoms with Crippen LogP contribution < -0.4 is 0 Å². The van der Waals surface area contributed by atoms with Crippen molar-refractivity contribution in [2.24, 2.45) is 0 Å². The molecule has 0 unspecified atom stereocenters. The maximum atomic E-state index is 12.4. The molecule has 1 N–H and O–H groups in total. The Morgan fingerprint density at radius 3 is 2.04 bits per heavy atom. The van der Waals surface area contributed by atoms with Crippen LogP contribution in [0.3, 0.4) is 0 Å². The molecular weight excluding hydrogens is 290 g/mol. The average molecular weight is 313 g/mol. The first-order valence-corrected chi connectivity index (χ1v) is 7.66. The number of amides is 1. The second-order valence-electron chi connectivity index (χ2n) is 6.19. The van der Waals surface area contributed by atoms with Crippen LogP contribution in [0.4, 0.5) is 4.79 Å². The van der Waals surface area contributed by atoms with Crippen LogP contribution in [0.15, 0.2) is 60.7 Å². The van der Waals surface area contributed by atoms with E-state index >= 15 is 0 Å². The molecule has 0 heterocycles. The molecule has 0 saturated carbocycles. The summed E-state index contributed by atoms with van der Waals surface area (Å²) in [6.07, 6.45) is -0.431. The Labute approximate surface area is 137 Å². The molecule has 0 aliphatic heterocycles. The second kappa shape index (κ2) is 7.79. The molecule has 0 saturated heterocycles. The van der Waals surface area contributed by atoms with Crippen LogP contribution in [0.25, 0.3) is 0 Å². The monoisotopic (exact) mass is 313 g/mol. The van der Waals surface area contributed by atoms with E-state index in [1.807, 2.05) is 60.7 Å². The molecule has 0 fully saturated rings. The number of carbonyl (C=O) groups excluding carboxylic acids is 1. The fraction of sp³-hybridized carbons (Fsp3) is 0.316. The van der Waals surface area contributed by atoms with Gasteiger partial charge < -0.3 is 14.7 Å². The van der Waals surface area contributed by atoms with Crippen LogP contribution in [0.1, 0.15) is 25.0 Å². The summed E-state index contributed by atoms with van der Waals surface area (Å²) in [5.74, 6) is 0. The summed E-state index contributed by atoms with van der Waals surface area (Å²) >= 11 is 0. The number of hydrogen-bond acceptors (Lipinski definition) is 3. The third-order valence-corrected chi connectivity index (χ3v) is 3.26. The van der Waals surface area contributed by atoms with E-state index in [4.69, 9.17) is 4.74 Å². The zero-order chi connectivity index (χ0) is 16.7. The summed E-state index contributed by atoms with van der Waals surface area (Å²) in [4.78, 5) is 13.9. The van der Waals surface area contributed by atoms with Crippen LogP contribution in [0.2, 0.25) is 0 Å². The Hall–Kier alpha value is -2.33. The minimum Gasteiger partial charge on any atom is -0.445 e. The van der Waals surface area contributed by atoms with Gasteiger partial charge in [0.1, 0.15) is 6.61 Å². The van der Waals surface area contributed by atoms with Crippen molar-refractivity contribution in [1.29, 1.82) is 0 Å². The van der Waals surface area contributed by atoms with Gasteiger partial charge in [-0.2, -0.15) is 0 Å². The molecule has 2 aromatic rings. The highest BCUT2D eigenvalue weighted by Crippen LogP contribution is 2.13. The first-order chi connectivity index (χ1) is 10.9. The molecule has 1 amide bonds. The van der Waals surface area contributed by atoms with Gasteiger partial charge in [-0.3, -0.25) is 0 Å². The summed E-state index contributed by atoms with van der Waals surface area (Å²) < 4.78 is 5.38. The van der Waals surface area contributed by atoms with E-state index in [-0.39, 0.29) is 13.2 Å². The smallest absolute Gasteiger partial charge is 0.410 e. The lowest BCUT2D eigenvalue weighted by Gasteiger charge is -2.28. The predicted octanol–water partition coefficient (Wildman–Crippen LogP) is 3.60. The fourth-order valence-electron chi connectivity index (χ4n) is 2.27. The van der Waals surface area contributed by atoms with E-state index in [1.165, 1.54) is 4.90 Å². The average Bonchev–Trinajstić information content (AvgIpc) is 2.53. The van der Waals surface area contributed by atoms with E-state index < -0.39 is 11.7 Å². The second-order valence-corrected chi connectivity index (χ2v) is 6.19. The van der Waals surface area contributed by atoms with Crippen molar-refractivity contribution in [3.05, 3.63) is 71.8 Å². The quantitative estimate of drug-likeness (QED) is 0.886. The van der Waals surface area contributed by atoms with Crippen LogP contribution >= 0.6 is 0 Å². The molecule has 122 valence electrons. The standard InChI is InChI=1S/C19H23NO3/c1-19(2,22)15-20(13-16-9-5-3-6-10-16)18(21)23-14-17-11-7-4-8-12-17/h3-12,22H,13-15H2,1-2H3. The minimum atomic E-state index is -0.986. The van der Waals surface area contributed by atoms with Crippen molar-refractivity contribution in [2.75, 3.05) is 6.54 Å². The Bertz CT molecular complexity index is 606. The zero-order valence-electron chi connectivity index (χ0n) is 13.6. The third-order valence-electron chi connectivity index (χ3n) is 3.26. The van der Waals surface area contributed by atoms with Gasteiger partial charge >= 0.3 is 6.09 Å². The lowest BCUT2D eigenvalue weighted by atomic mass is 10.1. The molecule has 0 bridgehead atoms. The van der Waals surface area contributed by atoms with Gasteiger partial charge in [-0.05, 0) is 25.0 Å². The normalized spacial score (nSPS) is 11.1. The molecule has 2 aromatic carbocycles. The van der Waals surface area contributed by atoms with Crippen molar-refractivity contribution >= 4 is 6.09 Å². The number of ether oxygens (including phenoxy) is 1. The molecular formula is C19H23NO3. The molecule has 0 spiro atoms. The van der Waals surface area contributed by atoms with Crippen molar-refractivity contribution in [1.82, 2.24) is 4.90 Å². The van der Waals surface area contributed by atoms with Crippen molar-refractivity contribution < 1.29 is 14.6 Å². The van der Waals surface area contributed by atoms with Gasteiger partial charge in [0.25, 0.3) is 0 Å². The molecule has 0 aliphatic rings. The van der Waals surface area contributed by atoms with Gasteiger partial charge in [0.15, 0.2) is 0 Å². The molecule has 2 rings (SSSR count). The maximum Gasteiger partial charge on any atom is 0.410 e. The van der Waals surface area contributed by atoms with Gasteiger partial charge in [0, 0.05) is 6.54 Å². The largest absolute Gasteiger partial charge is 0.445 e. The van der Waals surface area contributed by atoms with E-state index in [2.05, 4.69) is 0 Å². The Kier molecular flexibility index (Phi) is 5.77. The number of rotatable bonds is 6. The highest BCUT2D eigenvalue weighted by atomic mass is 16.6. The lowest BCUT2D eigenvalue weighted by molar-refractivity contribution is 0.0234. The molecule has 0 radical (unpaired) electrons. The lowest BCUT2D eigenvalue weighted by Crippen LogP contribution is -2.42. The fourth-order valence-corrected chi connectivity index (χ4v) is 2.27. The number of aliphatic hydroxyl groups is 1. The maximum absolute atomic E-state index is 12.4. The SMILES string of the molecule is CC(C)(O)CN(Cc1ccccc1)C(=O)OCc1ccccc1. The molecule has 0 aromatic heterocycles.